The Balaban J connectivity index is 1.35. The molecule has 0 radical (unpaired) electrons. The number of aryl methyl sites for hydroxylation is 1. The van der Waals surface area contributed by atoms with Gasteiger partial charge in [0, 0.05) is 19.9 Å². The Kier molecular flexibility index (Phi) is 4.70. The number of rotatable bonds is 6. The van der Waals surface area contributed by atoms with E-state index in [0.29, 0.717) is 29.3 Å². The fraction of sp³-hybridized carbons (Fsp3) is 0.450. The summed E-state index contributed by atoms with van der Waals surface area (Å²) in [6, 6.07) is 6.78. The number of aromatic nitrogens is 2. The zero-order valence-electron chi connectivity index (χ0n) is 15.7. The predicted octanol–water partition coefficient (Wildman–Crippen LogP) is 2.34. The zero-order valence-corrected chi connectivity index (χ0v) is 15.7. The van der Waals surface area contributed by atoms with Crippen molar-refractivity contribution in [2.75, 3.05) is 6.54 Å². The number of hydrogen-bond donors (Lipinski definition) is 1. The molecule has 0 unspecified atom stereocenters. The molecule has 1 saturated carbocycles. The lowest BCUT2D eigenvalue weighted by Crippen LogP contribution is -2.44. The molecule has 0 saturated heterocycles. The summed E-state index contributed by atoms with van der Waals surface area (Å²) in [5, 5.41) is 7.09. The molecule has 2 heterocycles. The van der Waals surface area contributed by atoms with Crippen molar-refractivity contribution < 1.29 is 18.9 Å². The van der Waals surface area contributed by atoms with Gasteiger partial charge in [-0.2, -0.15) is 4.98 Å². The molecule has 4 rings (SSSR count). The predicted molar refractivity (Wildman–Crippen MR) is 98.4 cm³/mol. The summed E-state index contributed by atoms with van der Waals surface area (Å²) in [6.07, 6.45) is 4.14. The highest BCUT2D eigenvalue weighted by Gasteiger charge is 2.41. The highest BCUT2D eigenvalue weighted by Crippen LogP contribution is 2.37. The molecule has 1 aromatic carbocycles. The molecule has 0 atom stereocenters. The lowest BCUT2D eigenvalue weighted by Gasteiger charge is -2.27. The van der Waals surface area contributed by atoms with Crippen molar-refractivity contribution in [3.8, 4) is 0 Å². The van der Waals surface area contributed by atoms with Gasteiger partial charge in [-0.05, 0) is 31.4 Å². The first kappa shape index (κ1) is 18.3. The average molecular weight is 382 g/mol. The van der Waals surface area contributed by atoms with E-state index in [4.69, 9.17) is 4.52 Å². The number of carbonyl (C=O) groups is 3. The Labute approximate surface area is 162 Å². The quantitative estimate of drug-likeness (QED) is 0.769. The molecule has 1 N–H and O–H groups in total. The molecule has 2 aromatic rings. The third kappa shape index (κ3) is 3.19. The van der Waals surface area contributed by atoms with Crippen LogP contribution >= 0.6 is 0 Å². The Hall–Kier alpha value is -3.03. The van der Waals surface area contributed by atoms with Crippen molar-refractivity contribution >= 4 is 17.7 Å². The standard InChI is InChI=1S/C20H22N4O4/c1-13-21-19(23-28-13)20(10-4-5-11-20)22-16(25)9-6-12-24-17(26)14-7-2-3-8-15(14)18(24)27/h2-3,7-8H,4-6,9-12H2,1H3,(H,22,25). The fourth-order valence-electron chi connectivity index (χ4n) is 4.05. The molecule has 0 bridgehead atoms. The van der Waals surface area contributed by atoms with Gasteiger partial charge in [0.15, 0.2) is 5.82 Å². The van der Waals surface area contributed by atoms with E-state index in [1.165, 1.54) is 4.90 Å². The van der Waals surface area contributed by atoms with E-state index in [0.717, 1.165) is 25.7 Å². The SMILES string of the molecule is Cc1nc(C2(NC(=O)CCCN3C(=O)c4ccccc4C3=O)CCCC2)no1. The lowest BCUT2D eigenvalue weighted by atomic mass is 9.96. The minimum atomic E-state index is -0.579. The van der Waals surface area contributed by atoms with Gasteiger partial charge in [-0.25, -0.2) is 0 Å². The first-order valence-corrected chi connectivity index (χ1v) is 9.57. The van der Waals surface area contributed by atoms with Crippen LogP contribution in [0.1, 0.15) is 71.0 Å². The van der Waals surface area contributed by atoms with Crippen molar-refractivity contribution in [2.24, 2.45) is 0 Å². The fourth-order valence-corrected chi connectivity index (χ4v) is 4.05. The summed E-state index contributed by atoms with van der Waals surface area (Å²) in [6.45, 7) is 1.94. The molecular weight excluding hydrogens is 360 g/mol. The van der Waals surface area contributed by atoms with Gasteiger partial charge in [0.2, 0.25) is 11.8 Å². The molecule has 1 aromatic heterocycles. The van der Waals surface area contributed by atoms with Crippen LogP contribution in [-0.2, 0) is 10.3 Å². The van der Waals surface area contributed by atoms with Gasteiger partial charge in [-0.1, -0.05) is 30.1 Å². The molecule has 8 heteroatoms. The van der Waals surface area contributed by atoms with E-state index < -0.39 is 5.54 Å². The van der Waals surface area contributed by atoms with Gasteiger partial charge < -0.3 is 9.84 Å². The van der Waals surface area contributed by atoms with Gasteiger partial charge >= 0.3 is 0 Å². The first-order chi connectivity index (χ1) is 13.5. The molecule has 1 aliphatic heterocycles. The second kappa shape index (κ2) is 7.18. The van der Waals surface area contributed by atoms with Crippen molar-refractivity contribution in [1.82, 2.24) is 20.4 Å². The Morgan fingerprint density at radius 1 is 1.18 bits per heavy atom. The molecule has 2 aliphatic rings. The lowest BCUT2D eigenvalue weighted by molar-refractivity contribution is -0.123. The van der Waals surface area contributed by atoms with E-state index in [1.807, 2.05) is 0 Å². The van der Waals surface area contributed by atoms with Crippen molar-refractivity contribution in [2.45, 2.75) is 51.0 Å². The van der Waals surface area contributed by atoms with Crippen molar-refractivity contribution in [1.29, 1.82) is 0 Å². The highest BCUT2D eigenvalue weighted by atomic mass is 16.5. The zero-order chi connectivity index (χ0) is 19.7. The molecule has 3 amide bonds. The van der Waals surface area contributed by atoms with E-state index in [1.54, 1.807) is 31.2 Å². The van der Waals surface area contributed by atoms with Crippen molar-refractivity contribution in [3.05, 3.63) is 47.1 Å². The van der Waals surface area contributed by atoms with E-state index >= 15 is 0 Å². The maximum absolute atomic E-state index is 12.6. The molecule has 1 fully saturated rings. The summed E-state index contributed by atoms with van der Waals surface area (Å²) >= 11 is 0. The summed E-state index contributed by atoms with van der Waals surface area (Å²) in [7, 11) is 0. The topological polar surface area (TPSA) is 105 Å². The molecule has 1 aliphatic carbocycles. The number of imide groups is 1. The van der Waals surface area contributed by atoms with E-state index in [-0.39, 0.29) is 30.7 Å². The van der Waals surface area contributed by atoms with Crippen LogP contribution in [0.4, 0.5) is 0 Å². The van der Waals surface area contributed by atoms with E-state index in [9.17, 15) is 14.4 Å². The second-order valence-corrected chi connectivity index (χ2v) is 7.39. The Morgan fingerprint density at radius 2 is 1.82 bits per heavy atom. The molecule has 8 nitrogen and oxygen atoms in total. The summed E-state index contributed by atoms with van der Waals surface area (Å²) in [4.78, 5) is 42.8. The average Bonchev–Trinajstić information content (AvgIpc) is 3.38. The number of hydrogen-bond acceptors (Lipinski definition) is 6. The third-order valence-electron chi connectivity index (χ3n) is 5.46. The van der Waals surface area contributed by atoms with Gasteiger partial charge in [-0.15, -0.1) is 0 Å². The number of carbonyl (C=O) groups excluding carboxylic acids is 3. The highest BCUT2D eigenvalue weighted by molar-refractivity contribution is 6.21. The number of amides is 3. The Morgan fingerprint density at radius 3 is 2.39 bits per heavy atom. The maximum atomic E-state index is 12.6. The monoisotopic (exact) mass is 382 g/mol. The second-order valence-electron chi connectivity index (χ2n) is 7.39. The molecule has 0 spiro atoms. The van der Waals surface area contributed by atoms with Gasteiger partial charge in [0.25, 0.3) is 11.8 Å². The number of benzene rings is 1. The first-order valence-electron chi connectivity index (χ1n) is 9.57. The summed E-state index contributed by atoms with van der Waals surface area (Å²) in [5.74, 6) is 0.268. The third-order valence-corrected chi connectivity index (χ3v) is 5.46. The van der Waals surface area contributed by atoms with Crippen LogP contribution in [0.2, 0.25) is 0 Å². The van der Waals surface area contributed by atoms with Gasteiger partial charge in [0.1, 0.15) is 5.54 Å². The molecule has 146 valence electrons. The minimum Gasteiger partial charge on any atom is -0.343 e. The van der Waals surface area contributed by atoms with Crippen LogP contribution < -0.4 is 5.32 Å². The number of nitrogens with zero attached hydrogens (tertiary/aromatic N) is 3. The minimum absolute atomic E-state index is 0.138. The van der Waals surface area contributed by atoms with Crippen molar-refractivity contribution in [3.63, 3.8) is 0 Å². The normalized spacial score (nSPS) is 17.8. The van der Waals surface area contributed by atoms with Crippen LogP contribution in [0, 0.1) is 6.92 Å². The Bertz CT molecular complexity index is 895. The smallest absolute Gasteiger partial charge is 0.261 e. The van der Waals surface area contributed by atoms with Crippen LogP contribution in [0.3, 0.4) is 0 Å². The number of nitrogens with one attached hydrogen (secondary N) is 1. The molecule has 28 heavy (non-hydrogen) atoms. The van der Waals surface area contributed by atoms with Crippen LogP contribution in [0.5, 0.6) is 0 Å². The number of fused-ring (bicyclic) bond motifs is 1. The van der Waals surface area contributed by atoms with Crippen LogP contribution in [0.15, 0.2) is 28.8 Å². The van der Waals surface area contributed by atoms with Gasteiger partial charge in [0.05, 0.1) is 11.1 Å². The molecular formula is C20H22N4O4. The van der Waals surface area contributed by atoms with Crippen LogP contribution in [0.25, 0.3) is 0 Å². The summed E-state index contributed by atoms with van der Waals surface area (Å²) in [5.41, 5.74) is 0.272. The maximum Gasteiger partial charge on any atom is 0.261 e. The van der Waals surface area contributed by atoms with Gasteiger partial charge in [-0.3, -0.25) is 19.3 Å². The van der Waals surface area contributed by atoms with E-state index in [2.05, 4.69) is 15.5 Å². The largest absolute Gasteiger partial charge is 0.343 e. The summed E-state index contributed by atoms with van der Waals surface area (Å²) < 4.78 is 5.09. The van der Waals surface area contributed by atoms with Crippen LogP contribution in [-0.4, -0.2) is 39.3 Å².